The van der Waals surface area contributed by atoms with Crippen LogP contribution in [0.4, 0.5) is 10.1 Å². The predicted molar refractivity (Wildman–Crippen MR) is 89.3 cm³/mol. The molecule has 24 heavy (non-hydrogen) atoms. The maximum atomic E-state index is 13.2. The van der Waals surface area contributed by atoms with Crippen molar-refractivity contribution >= 4 is 22.6 Å². The number of benzene rings is 1. The van der Waals surface area contributed by atoms with Gasteiger partial charge in [0.15, 0.2) is 5.65 Å². The number of aryl methyl sites for hydroxylation is 1. The molecule has 122 valence electrons. The van der Waals surface area contributed by atoms with Crippen LogP contribution < -0.4 is 5.32 Å². The minimum absolute atomic E-state index is 0.0436. The van der Waals surface area contributed by atoms with E-state index in [0.717, 1.165) is 16.7 Å². The summed E-state index contributed by atoms with van der Waals surface area (Å²) in [6, 6.07) is 7.88. The molecule has 0 aliphatic heterocycles. The molecular weight excluding hydrogens is 307 g/mol. The molecular formula is C18H17FN4O. The average Bonchev–Trinajstić information content (AvgIpc) is 3.33. The summed E-state index contributed by atoms with van der Waals surface area (Å²) in [6.45, 7) is 1.98. The van der Waals surface area contributed by atoms with Crippen LogP contribution in [0.15, 0.2) is 36.5 Å². The average molecular weight is 324 g/mol. The Morgan fingerprint density at radius 1 is 1.38 bits per heavy atom. The van der Waals surface area contributed by atoms with Crippen molar-refractivity contribution in [1.29, 1.82) is 0 Å². The van der Waals surface area contributed by atoms with Gasteiger partial charge in [0.1, 0.15) is 12.4 Å². The van der Waals surface area contributed by atoms with E-state index < -0.39 is 0 Å². The van der Waals surface area contributed by atoms with Crippen LogP contribution in [0.5, 0.6) is 0 Å². The number of anilines is 1. The zero-order chi connectivity index (χ0) is 16.7. The predicted octanol–water partition coefficient (Wildman–Crippen LogP) is 3.39. The first-order chi connectivity index (χ1) is 11.6. The first-order valence-electron chi connectivity index (χ1n) is 7.99. The Bertz CT molecular complexity index is 930. The monoisotopic (exact) mass is 324 g/mol. The van der Waals surface area contributed by atoms with Crippen molar-refractivity contribution in [3.05, 3.63) is 53.6 Å². The van der Waals surface area contributed by atoms with Crippen LogP contribution in [0.25, 0.3) is 11.0 Å². The Kier molecular flexibility index (Phi) is 3.52. The molecule has 1 saturated carbocycles. The van der Waals surface area contributed by atoms with Crippen molar-refractivity contribution in [2.75, 3.05) is 5.32 Å². The lowest BCUT2D eigenvalue weighted by molar-refractivity contribution is -0.116. The fourth-order valence-electron chi connectivity index (χ4n) is 3.06. The minimum Gasteiger partial charge on any atom is -0.324 e. The molecule has 0 atom stereocenters. The number of nitrogens with zero attached hydrogens (tertiary/aromatic N) is 3. The second kappa shape index (κ2) is 5.70. The Labute approximate surface area is 138 Å². The highest BCUT2D eigenvalue weighted by Gasteiger charge is 2.27. The standard InChI is InChI=1S/C18H17FN4O/c1-11-17-15(12-5-6-12)7-8-20-18(17)23(22-11)10-16(24)21-14-4-2-3-13(19)9-14/h2-4,7-9,12H,5-6,10H2,1H3,(H,21,24). The second-order valence-corrected chi connectivity index (χ2v) is 6.17. The van der Waals surface area contributed by atoms with Crippen molar-refractivity contribution in [2.24, 2.45) is 0 Å². The number of halogens is 1. The molecule has 4 rings (SSSR count). The summed E-state index contributed by atoms with van der Waals surface area (Å²) in [5.74, 6) is -0.0551. The van der Waals surface area contributed by atoms with E-state index in [1.54, 1.807) is 23.0 Å². The van der Waals surface area contributed by atoms with E-state index in [1.165, 1.54) is 30.5 Å². The quantitative estimate of drug-likeness (QED) is 0.800. The van der Waals surface area contributed by atoms with E-state index in [4.69, 9.17) is 0 Å². The molecule has 1 aliphatic carbocycles. The second-order valence-electron chi connectivity index (χ2n) is 6.17. The van der Waals surface area contributed by atoms with Crippen LogP contribution in [-0.2, 0) is 11.3 Å². The van der Waals surface area contributed by atoms with Gasteiger partial charge in [-0.1, -0.05) is 6.07 Å². The topological polar surface area (TPSA) is 59.8 Å². The number of rotatable bonds is 4. The van der Waals surface area contributed by atoms with Crippen LogP contribution in [-0.4, -0.2) is 20.7 Å². The molecule has 2 aromatic heterocycles. The number of hydrogen-bond acceptors (Lipinski definition) is 3. The lowest BCUT2D eigenvalue weighted by Crippen LogP contribution is -2.19. The number of fused-ring (bicyclic) bond motifs is 1. The number of aromatic nitrogens is 3. The van der Waals surface area contributed by atoms with Gasteiger partial charge in [-0.25, -0.2) is 14.1 Å². The molecule has 5 nitrogen and oxygen atoms in total. The van der Waals surface area contributed by atoms with Gasteiger partial charge in [-0.2, -0.15) is 5.10 Å². The maximum Gasteiger partial charge on any atom is 0.246 e. The van der Waals surface area contributed by atoms with Crippen LogP contribution in [0.3, 0.4) is 0 Å². The first-order valence-corrected chi connectivity index (χ1v) is 7.99. The van der Waals surface area contributed by atoms with Gasteiger partial charge in [-0.15, -0.1) is 0 Å². The number of hydrogen-bond donors (Lipinski definition) is 1. The fourth-order valence-corrected chi connectivity index (χ4v) is 3.06. The van der Waals surface area contributed by atoms with E-state index in [9.17, 15) is 9.18 Å². The molecule has 3 aromatic rings. The number of pyridine rings is 1. The Morgan fingerprint density at radius 3 is 2.96 bits per heavy atom. The highest BCUT2D eigenvalue weighted by atomic mass is 19.1. The summed E-state index contributed by atoms with van der Waals surface area (Å²) in [5.41, 5.74) is 3.32. The largest absolute Gasteiger partial charge is 0.324 e. The van der Waals surface area contributed by atoms with E-state index in [-0.39, 0.29) is 18.3 Å². The zero-order valence-electron chi connectivity index (χ0n) is 13.3. The molecule has 0 spiro atoms. The van der Waals surface area contributed by atoms with Crippen LogP contribution in [0.2, 0.25) is 0 Å². The molecule has 1 N–H and O–H groups in total. The fraction of sp³-hybridized carbons (Fsp3) is 0.278. The van der Waals surface area contributed by atoms with Crippen LogP contribution in [0.1, 0.15) is 30.0 Å². The highest BCUT2D eigenvalue weighted by molar-refractivity contribution is 5.92. The Morgan fingerprint density at radius 2 is 2.21 bits per heavy atom. The Balaban J connectivity index is 1.60. The normalized spacial score (nSPS) is 14.1. The summed E-state index contributed by atoms with van der Waals surface area (Å²) in [5, 5.41) is 8.22. The summed E-state index contributed by atoms with van der Waals surface area (Å²) >= 11 is 0. The number of nitrogens with one attached hydrogen (secondary N) is 1. The molecule has 0 saturated heterocycles. The molecule has 6 heteroatoms. The van der Waals surface area contributed by atoms with Crippen molar-refractivity contribution in [1.82, 2.24) is 14.8 Å². The summed E-state index contributed by atoms with van der Waals surface area (Å²) in [4.78, 5) is 16.7. The Hall–Kier alpha value is -2.76. The van der Waals surface area contributed by atoms with Gasteiger partial charge < -0.3 is 5.32 Å². The number of amides is 1. The third kappa shape index (κ3) is 2.75. The van der Waals surface area contributed by atoms with Gasteiger partial charge in [0.05, 0.1) is 5.69 Å². The van der Waals surface area contributed by atoms with Crippen molar-refractivity contribution in [3.8, 4) is 0 Å². The minimum atomic E-state index is -0.385. The maximum absolute atomic E-state index is 13.2. The van der Waals surface area contributed by atoms with Gasteiger partial charge in [0.25, 0.3) is 0 Å². The summed E-state index contributed by atoms with van der Waals surface area (Å²) < 4.78 is 14.8. The van der Waals surface area contributed by atoms with Crippen LogP contribution in [0, 0.1) is 12.7 Å². The van der Waals surface area contributed by atoms with Gasteiger partial charge in [-0.3, -0.25) is 4.79 Å². The lowest BCUT2D eigenvalue weighted by atomic mass is 10.1. The highest BCUT2D eigenvalue weighted by Crippen LogP contribution is 2.43. The smallest absolute Gasteiger partial charge is 0.246 e. The zero-order valence-corrected chi connectivity index (χ0v) is 13.3. The molecule has 2 heterocycles. The van der Waals surface area contributed by atoms with E-state index >= 15 is 0 Å². The summed E-state index contributed by atoms with van der Waals surface area (Å²) in [6.07, 6.45) is 4.17. The molecule has 0 radical (unpaired) electrons. The molecule has 0 unspecified atom stereocenters. The van der Waals surface area contributed by atoms with Gasteiger partial charge in [-0.05, 0) is 55.5 Å². The molecule has 1 fully saturated rings. The van der Waals surface area contributed by atoms with E-state index in [2.05, 4.69) is 15.4 Å². The first kappa shape index (κ1) is 14.8. The van der Waals surface area contributed by atoms with Gasteiger partial charge in [0, 0.05) is 17.3 Å². The third-order valence-corrected chi connectivity index (χ3v) is 4.26. The number of carbonyl (C=O) groups excluding carboxylic acids is 1. The van der Waals surface area contributed by atoms with Crippen molar-refractivity contribution in [3.63, 3.8) is 0 Å². The van der Waals surface area contributed by atoms with Crippen molar-refractivity contribution in [2.45, 2.75) is 32.2 Å². The number of carbonyl (C=O) groups is 1. The molecule has 1 amide bonds. The molecule has 1 aliphatic rings. The SMILES string of the molecule is Cc1nn(CC(=O)Nc2cccc(F)c2)c2nccc(C3CC3)c12. The molecule has 1 aromatic carbocycles. The lowest BCUT2D eigenvalue weighted by Gasteiger charge is -2.06. The van der Waals surface area contributed by atoms with Gasteiger partial charge in [0.2, 0.25) is 5.91 Å². The van der Waals surface area contributed by atoms with Crippen molar-refractivity contribution < 1.29 is 9.18 Å². The third-order valence-electron chi connectivity index (χ3n) is 4.26. The molecule has 0 bridgehead atoms. The summed E-state index contributed by atoms with van der Waals surface area (Å²) in [7, 11) is 0. The van der Waals surface area contributed by atoms with Crippen LogP contribution >= 0.6 is 0 Å². The van der Waals surface area contributed by atoms with E-state index in [1.807, 2.05) is 13.0 Å². The van der Waals surface area contributed by atoms with Gasteiger partial charge >= 0.3 is 0 Å². The van der Waals surface area contributed by atoms with E-state index in [0.29, 0.717) is 11.6 Å².